The lowest BCUT2D eigenvalue weighted by molar-refractivity contribution is 0.650. The number of rotatable bonds is 5. The van der Waals surface area contributed by atoms with Gasteiger partial charge in [0, 0.05) is 28.1 Å². The van der Waals surface area contributed by atoms with E-state index in [1.54, 1.807) is 0 Å². The Morgan fingerprint density at radius 1 is 1.11 bits per heavy atom. The molecule has 1 nitrogen and oxygen atoms in total. The molecule has 3 rings (SSSR count). The Morgan fingerprint density at radius 3 is 2.79 bits per heavy atom. The van der Waals surface area contributed by atoms with Gasteiger partial charge in [-0.3, -0.25) is 0 Å². The summed E-state index contributed by atoms with van der Waals surface area (Å²) in [7, 11) is 0. The van der Waals surface area contributed by atoms with E-state index in [0.29, 0.717) is 0 Å². The van der Waals surface area contributed by atoms with E-state index in [-0.39, 0.29) is 0 Å². The van der Waals surface area contributed by atoms with Gasteiger partial charge in [-0.25, -0.2) is 0 Å². The summed E-state index contributed by atoms with van der Waals surface area (Å²) in [6.07, 6.45) is 2.78. The van der Waals surface area contributed by atoms with Crippen molar-refractivity contribution in [1.82, 2.24) is 5.32 Å². The molecule has 100 valence electrons. The Hall–Kier alpha value is -0.770. The van der Waals surface area contributed by atoms with Gasteiger partial charge in [0.15, 0.2) is 0 Å². The van der Waals surface area contributed by atoms with Crippen LogP contribution in [-0.4, -0.2) is 17.5 Å². The van der Waals surface area contributed by atoms with Crippen LogP contribution in [0.4, 0.5) is 0 Å². The van der Waals surface area contributed by atoms with Crippen LogP contribution < -0.4 is 5.32 Å². The smallest absolute Gasteiger partial charge is 0.0346 e. The highest BCUT2D eigenvalue weighted by Gasteiger charge is 2.14. The number of hydrogen-bond donors (Lipinski definition) is 1. The summed E-state index contributed by atoms with van der Waals surface area (Å²) in [5, 5.41) is 4.44. The first kappa shape index (κ1) is 13.2. The molecule has 0 amide bonds. The summed E-state index contributed by atoms with van der Waals surface area (Å²) in [5.74, 6) is 1.35. The van der Waals surface area contributed by atoms with E-state index in [4.69, 9.17) is 0 Å². The first-order chi connectivity index (χ1) is 9.42. The quantitative estimate of drug-likeness (QED) is 0.875. The molecule has 1 atom stereocenters. The second-order valence-corrected chi connectivity index (χ2v) is 7.47. The maximum Gasteiger partial charge on any atom is 0.0346 e. The molecular formula is C16H19NS2. The molecule has 3 heteroatoms. The van der Waals surface area contributed by atoms with Crippen molar-refractivity contribution < 1.29 is 0 Å². The van der Waals surface area contributed by atoms with E-state index >= 15 is 0 Å². The number of hydrogen-bond acceptors (Lipinski definition) is 3. The van der Waals surface area contributed by atoms with E-state index in [2.05, 4.69) is 59.5 Å². The highest BCUT2D eigenvalue weighted by atomic mass is 32.2. The van der Waals surface area contributed by atoms with Gasteiger partial charge < -0.3 is 5.32 Å². The van der Waals surface area contributed by atoms with Gasteiger partial charge >= 0.3 is 0 Å². The molecule has 1 aliphatic rings. The van der Waals surface area contributed by atoms with Crippen LogP contribution in [0.2, 0.25) is 0 Å². The van der Waals surface area contributed by atoms with Crippen molar-refractivity contribution in [2.24, 2.45) is 0 Å². The monoisotopic (exact) mass is 289 g/mol. The van der Waals surface area contributed by atoms with Crippen molar-refractivity contribution in [1.29, 1.82) is 0 Å². The summed E-state index contributed by atoms with van der Waals surface area (Å²) < 4.78 is 0. The molecule has 1 fully saturated rings. The molecule has 1 saturated heterocycles. The van der Waals surface area contributed by atoms with Crippen molar-refractivity contribution >= 4 is 23.1 Å². The molecule has 1 N–H and O–H groups in total. The highest BCUT2D eigenvalue weighted by molar-refractivity contribution is 8.00. The summed E-state index contributed by atoms with van der Waals surface area (Å²) in [6.45, 7) is 2.16. The lowest BCUT2D eigenvalue weighted by Crippen LogP contribution is -2.22. The van der Waals surface area contributed by atoms with Gasteiger partial charge in [-0.15, -0.1) is 11.3 Å². The molecule has 0 saturated carbocycles. The largest absolute Gasteiger partial charge is 0.311 e. The second-order valence-electron chi connectivity index (χ2n) is 4.90. The third kappa shape index (κ3) is 3.62. The van der Waals surface area contributed by atoms with Crippen LogP contribution in [0.5, 0.6) is 0 Å². The normalized spacial score (nSPS) is 18.8. The van der Waals surface area contributed by atoms with Gasteiger partial charge in [0.05, 0.1) is 0 Å². The maximum absolute atomic E-state index is 3.60. The van der Waals surface area contributed by atoms with Crippen LogP contribution >= 0.6 is 23.1 Å². The summed E-state index contributed by atoms with van der Waals surface area (Å²) in [6, 6.07) is 15.1. The molecule has 1 aromatic carbocycles. The first-order valence-electron chi connectivity index (χ1n) is 6.88. The molecule has 1 aliphatic heterocycles. The average molecular weight is 289 g/mol. The van der Waals surface area contributed by atoms with Crippen LogP contribution in [-0.2, 0) is 6.54 Å². The molecule has 0 aliphatic carbocycles. The van der Waals surface area contributed by atoms with Crippen molar-refractivity contribution in [2.75, 3.05) is 12.3 Å². The van der Waals surface area contributed by atoms with Gasteiger partial charge in [0.1, 0.15) is 0 Å². The summed E-state index contributed by atoms with van der Waals surface area (Å²) >= 11 is 4.02. The van der Waals surface area contributed by atoms with Gasteiger partial charge in [-0.05, 0) is 36.3 Å². The third-order valence-electron chi connectivity index (χ3n) is 3.42. The van der Waals surface area contributed by atoms with Gasteiger partial charge in [-0.2, -0.15) is 11.8 Å². The standard InChI is InChI=1S/C16H19NS2/c1-2-5-13(6-3-1)16-9-8-15(19-16)12-17-11-14-7-4-10-18-14/h1-3,5-6,8-9,14,17H,4,7,10-12H2. The fourth-order valence-corrected chi connectivity index (χ4v) is 4.61. The van der Waals surface area contributed by atoms with Gasteiger partial charge in [0.25, 0.3) is 0 Å². The minimum Gasteiger partial charge on any atom is -0.311 e. The van der Waals surface area contributed by atoms with Crippen LogP contribution in [0.15, 0.2) is 42.5 Å². The zero-order valence-electron chi connectivity index (χ0n) is 11.0. The Labute approximate surface area is 123 Å². The Balaban J connectivity index is 1.53. The average Bonchev–Trinajstić information content (AvgIpc) is 3.11. The molecule has 19 heavy (non-hydrogen) atoms. The Morgan fingerprint density at radius 2 is 2.00 bits per heavy atom. The summed E-state index contributed by atoms with van der Waals surface area (Å²) in [5.41, 5.74) is 1.32. The zero-order chi connectivity index (χ0) is 12.9. The van der Waals surface area contributed by atoms with Crippen LogP contribution in [0.25, 0.3) is 10.4 Å². The minimum atomic E-state index is 0.841. The molecule has 0 radical (unpaired) electrons. The SMILES string of the molecule is c1ccc(-c2ccc(CNCC3CCCS3)s2)cc1. The predicted molar refractivity (Wildman–Crippen MR) is 86.9 cm³/mol. The fourth-order valence-electron chi connectivity index (χ4n) is 2.39. The van der Waals surface area contributed by atoms with Crippen LogP contribution in [0, 0.1) is 0 Å². The molecule has 2 heterocycles. The van der Waals surface area contributed by atoms with E-state index in [9.17, 15) is 0 Å². The topological polar surface area (TPSA) is 12.0 Å². The molecule has 0 spiro atoms. The van der Waals surface area contributed by atoms with Crippen molar-refractivity contribution in [2.45, 2.75) is 24.6 Å². The van der Waals surface area contributed by atoms with Crippen molar-refractivity contribution in [3.63, 3.8) is 0 Å². The highest BCUT2D eigenvalue weighted by Crippen LogP contribution is 2.28. The predicted octanol–water partition coefficient (Wildman–Crippen LogP) is 4.40. The first-order valence-corrected chi connectivity index (χ1v) is 8.75. The zero-order valence-corrected chi connectivity index (χ0v) is 12.6. The number of thiophene rings is 1. The van der Waals surface area contributed by atoms with Crippen LogP contribution in [0.3, 0.4) is 0 Å². The van der Waals surface area contributed by atoms with E-state index < -0.39 is 0 Å². The molecule has 1 unspecified atom stereocenters. The molecule has 0 bridgehead atoms. The van der Waals surface area contributed by atoms with E-state index in [1.165, 1.54) is 33.9 Å². The maximum atomic E-state index is 3.60. The van der Waals surface area contributed by atoms with Crippen LogP contribution in [0.1, 0.15) is 17.7 Å². The lowest BCUT2D eigenvalue weighted by atomic mass is 10.2. The van der Waals surface area contributed by atoms with Crippen molar-refractivity contribution in [3.05, 3.63) is 47.3 Å². The number of benzene rings is 1. The Bertz CT molecular complexity index is 500. The molecule has 1 aromatic heterocycles. The summed E-state index contributed by atoms with van der Waals surface area (Å²) in [4.78, 5) is 2.80. The van der Waals surface area contributed by atoms with E-state index in [1.807, 2.05) is 11.3 Å². The van der Waals surface area contributed by atoms with Crippen molar-refractivity contribution in [3.8, 4) is 10.4 Å². The fraction of sp³-hybridized carbons (Fsp3) is 0.375. The van der Waals surface area contributed by atoms with Gasteiger partial charge in [-0.1, -0.05) is 30.3 Å². The Kier molecular flexibility index (Phi) is 4.59. The van der Waals surface area contributed by atoms with Gasteiger partial charge in [0.2, 0.25) is 0 Å². The molecule has 2 aromatic rings. The second kappa shape index (κ2) is 6.60. The minimum absolute atomic E-state index is 0.841. The number of nitrogens with one attached hydrogen (secondary N) is 1. The third-order valence-corrected chi connectivity index (χ3v) is 5.95. The number of thioether (sulfide) groups is 1. The molecular weight excluding hydrogens is 270 g/mol. The lowest BCUT2D eigenvalue weighted by Gasteiger charge is -2.08. The van der Waals surface area contributed by atoms with E-state index in [0.717, 1.165) is 18.3 Å².